The van der Waals surface area contributed by atoms with Gasteiger partial charge in [-0.15, -0.1) is 0 Å². The minimum absolute atomic E-state index is 0.0338. The minimum atomic E-state index is -0.315. The van der Waals surface area contributed by atoms with Gasteiger partial charge in [-0.3, -0.25) is 9.59 Å². The Morgan fingerprint density at radius 3 is 2.42 bits per heavy atom. The van der Waals surface area contributed by atoms with Gasteiger partial charge in [-0.25, -0.2) is 4.39 Å². The van der Waals surface area contributed by atoms with Crippen molar-refractivity contribution in [3.63, 3.8) is 0 Å². The van der Waals surface area contributed by atoms with Crippen LogP contribution >= 0.6 is 0 Å². The lowest BCUT2D eigenvalue weighted by atomic mass is 9.97. The van der Waals surface area contributed by atoms with Crippen molar-refractivity contribution in [2.24, 2.45) is 5.92 Å². The molecule has 0 spiro atoms. The Hall–Kier alpha value is -2.89. The maximum absolute atomic E-state index is 13.3. The topological polar surface area (TPSA) is 49.9 Å². The average Bonchev–Trinajstić information content (AvgIpc) is 3.33. The van der Waals surface area contributed by atoms with Crippen LogP contribution in [0, 0.1) is 11.7 Å². The molecule has 0 saturated carbocycles. The summed E-state index contributed by atoms with van der Waals surface area (Å²) in [5, 5.41) is 0. The van der Waals surface area contributed by atoms with Crippen LogP contribution in [-0.2, 0) is 11.2 Å². The van der Waals surface area contributed by atoms with E-state index >= 15 is 0 Å². The summed E-state index contributed by atoms with van der Waals surface area (Å²) in [6, 6.07) is 13.7. The van der Waals surface area contributed by atoms with Gasteiger partial charge < -0.3 is 14.5 Å². The predicted octanol–water partition coefficient (Wildman–Crippen LogP) is 3.92. The van der Waals surface area contributed by atoms with Crippen LogP contribution in [0.25, 0.3) is 0 Å². The molecular weight excluding hydrogens is 395 g/mol. The van der Waals surface area contributed by atoms with E-state index < -0.39 is 0 Å². The van der Waals surface area contributed by atoms with Gasteiger partial charge in [0.2, 0.25) is 5.91 Å². The Morgan fingerprint density at radius 1 is 0.935 bits per heavy atom. The number of para-hydroxylation sites is 1. The Kier molecular flexibility index (Phi) is 6.85. The summed E-state index contributed by atoms with van der Waals surface area (Å²) >= 11 is 0. The lowest BCUT2D eigenvalue weighted by Gasteiger charge is -2.32. The Labute approximate surface area is 182 Å². The van der Waals surface area contributed by atoms with Gasteiger partial charge in [0, 0.05) is 26.2 Å². The molecule has 2 heterocycles. The smallest absolute Gasteiger partial charge is 0.257 e. The van der Waals surface area contributed by atoms with Crippen LogP contribution in [0.1, 0.15) is 41.6 Å². The molecule has 0 atom stereocenters. The molecule has 2 aromatic carbocycles. The van der Waals surface area contributed by atoms with Crippen LogP contribution in [0.15, 0.2) is 48.5 Å². The molecule has 4 rings (SSSR count). The van der Waals surface area contributed by atoms with Crippen LogP contribution in [-0.4, -0.2) is 54.4 Å². The second-order valence-electron chi connectivity index (χ2n) is 8.44. The summed E-state index contributed by atoms with van der Waals surface area (Å²) in [6.07, 6.45) is 4.07. The molecule has 2 aromatic rings. The zero-order valence-corrected chi connectivity index (χ0v) is 17.8. The van der Waals surface area contributed by atoms with Crippen molar-refractivity contribution in [2.75, 3.05) is 32.8 Å². The molecular formula is C25H29FN2O3. The third-order valence-corrected chi connectivity index (χ3v) is 6.20. The third kappa shape index (κ3) is 5.43. The van der Waals surface area contributed by atoms with Crippen LogP contribution in [0.3, 0.4) is 0 Å². The van der Waals surface area contributed by atoms with E-state index in [0.717, 1.165) is 38.8 Å². The average molecular weight is 425 g/mol. The zero-order valence-electron chi connectivity index (χ0n) is 17.8. The molecule has 2 fully saturated rings. The van der Waals surface area contributed by atoms with Gasteiger partial charge in [0.15, 0.2) is 0 Å². The number of likely N-dealkylation sites (tertiary alicyclic amines) is 2. The minimum Gasteiger partial charge on any atom is -0.492 e. The van der Waals surface area contributed by atoms with Crippen molar-refractivity contribution in [2.45, 2.75) is 32.1 Å². The number of benzene rings is 2. The maximum Gasteiger partial charge on any atom is 0.257 e. The van der Waals surface area contributed by atoms with Gasteiger partial charge in [0.25, 0.3) is 5.91 Å². The molecule has 0 aliphatic carbocycles. The first-order valence-corrected chi connectivity index (χ1v) is 11.1. The zero-order chi connectivity index (χ0) is 21.6. The molecule has 0 bridgehead atoms. The molecule has 2 aliphatic heterocycles. The van der Waals surface area contributed by atoms with Crippen molar-refractivity contribution < 1.29 is 18.7 Å². The largest absolute Gasteiger partial charge is 0.492 e. The van der Waals surface area contributed by atoms with Crippen molar-refractivity contribution in [1.82, 2.24) is 9.80 Å². The summed E-state index contributed by atoms with van der Waals surface area (Å²) < 4.78 is 19.4. The highest BCUT2D eigenvalue weighted by Crippen LogP contribution is 2.25. The number of hydrogen-bond acceptors (Lipinski definition) is 3. The SMILES string of the molecule is O=C(Cc1cccc(F)c1)N1CCC(COc2ccccc2C(=O)N2CCCC2)CC1. The number of piperidine rings is 1. The number of halogens is 1. The number of hydrogen-bond donors (Lipinski definition) is 0. The van der Waals surface area contributed by atoms with Gasteiger partial charge in [-0.05, 0) is 61.4 Å². The van der Waals surface area contributed by atoms with E-state index in [0.29, 0.717) is 42.5 Å². The van der Waals surface area contributed by atoms with E-state index in [1.54, 1.807) is 12.1 Å². The van der Waals surface area contributed by atoms with Crippen LogP contribution in [0.4, 0.5) is 4.39 Å². The standard InChI is InChI=1S/C25H29FN2O3/c26-21-7-5-6-20(16-21)17-24(29)27-14-10-19(11-15-27)18-31-23-9-2-1-8-22(23)25(30)28-12-3-4-13-28/h1-2,5-9,16,19H,3-4,10-15,17-18H2. The van der Waals surface area contributed by atoms with Crippen LogP contribution in [0.5, 0.6) is 5.75 Å². The van der Waals surface area contributed by atoms with E-state index in [-0.39, 0.29) is 24.1 Å². The number of rotatable bonds is 6. The normalized spacial score (nSPS) is 17.1. The number of ether oxygens (including phenoxy) is 1. The number of carbonyl (C=O) groups is 2. The molecule has 0 aromatic heterocycles. The van der Waals surface area contributed by atoms with E-state index in [1.165, 1.54) is 12.1 Å². The molecule has 2 aliphatic rings. The summed E-state index contributed by atoms with van der Waals surface area (Å²) in [5.74, 6) is 0.749. The first-order chi connectivity index (χ1) is 15.1. The molecule has 2 amide bonds. The van der Waals surface area contributed by atoms with E-state index in [1.807, 2.05) is 34.1 Å². The Balaban J connectivity index is 1.27. The van der Waals surface area contributed by atoms with Crippen molar-refractivity contribution in [3.8, 4) is 5.75 Å². The van der Waals surface area contributed by atoms with E-state index in [4.69, 9.17) is 4.74 Å². The van der Waals surface area contributed by atoms with Gasteiger partial charge in [0.05, 0.1) is 18.6 Å². The molecule has 31 heavy (non-hydrogen) atoms. The second kappa shape index (κ2) is 9.94. The van der Waals surface area contributed by atoms with Gasteiger partial charge >= 0.3 is 0 Å². The van der Waals surface area contributed by atoms with E-state index in [9.17, 15) is 14.0 Å². The fourth-order valence-electron chi connectivity index (χ4n) is 4.35. The molecule has 0 unspecified atom stereocenters. The van der Waals surface area contributed by atoms with Gasteiger partial charge in [0.1, 0.15) is 11.6 Å². The highest BCUT2D eigenvalue weighted by molar-refractivity contribution is 5.97. The highest BCUT2D eigenvalue weighted by Gasteiger charge is 2.25. The first-order valence-electron chi connectivity index (χ1n) is 11.1. The van der Waals surface area contributed by atoms with Gasteiger partial charge in [-0.1, -0.05) is 24.3 Å². The molecule has 2 saturated heterocycles. The fourth-order valence-corrected chi connectivity index (χ4v) is 4.35. The summed E-state index contributed by atoms with van der Waals surface area (Å²) in [7, 11) is 0. The highest BCUT2D eigenvalue weighted by atomic mass is 19.1. The van der Waals surface area contributed by atoms with Crippen molar-refractivity contribution in [1.29, 1.82) is 0 Å². The van der Waals surface area contributed by atoms with Crippen molar-refractivity contribution in [3.05, 3.63) is 65.5 Å². The molecule has 6 heteroatoms. The summed E-state index contributed by atoms with van der Waals surface area (Å²) in [4.78, 5) is 29.1. The number of carbonyl (C=O) groups excluding carboxylic acids is 2. The fraction of sp³-hybridized carbons (Fsp3) is 0.440. The Bertz CT molecular complexity index is 918. The third-order valence-electron chi connectivity index (χ3n) is 6.20. The first kappa shape index (κ1) is 21.3. The number of amides is 2. The summed E-state index contributed by atoms with van der Waals surface area (Å²) in [5.41, 5.74) is 1.34. The molecule has 0 radical (unpaired) electrons. The maximum atomic E-state index is 13.3. The summed E-state index contributed by atoms with van der Waals surface area (Å²) in [6.45, 7) is 3.52. The van der Waals surface area contributed by atoms with Crippen molar-refractivity contribution >= 4 is 11.8 Å². The van der Waals surface area contributed by atoms with Crippen LogP contribution < -0.4 is 4.74 Å². The van der Waals surface area contributed by atoms with E-state index in [2.05, 4.69) is 0 Å². The Morgan fingerprint density at radius 2 is 1.68 bits per heavy atom. The lowest BCUT2D eigenvalue weighted by molar-refractivity contribution is -0.132. The molecule has 164 valence electrons. The molecule has 5 nitrogen and oxygen atoms in total. The quantitative estimate of drug-likeness (QED) is 0.706. The monoisotopic (exact) mass is 424 g/mol. The number of nitrogens with zero attached hydrogens (tertiary/aromatic N) is 2. The lowest BCUT2D eigenvalue weighted by Crippen LogP contribution is -2.40. The van der Waals surface area contributed by atoms with Gasteiger partial charge in [-0.2, -0.15) is 0 Å². The molecule has 0 N–H and O–H groups in total. The van der Waals surface area contributed by atoms with Crippen LogP contribution in [0.2, 0.25) is 0 Å². The predicted molar refractivity (Wildman–Crippen MR) is 116 cm³/mol. The second-order valence-corrected chi connectivity index (χ2v) is 8.44.